The fourth-order valence-corrected chi connectivity index (χ4v) is 3.82. The molecule has 0 aromatic heterocycles. The van der Waals surface area contributed by atoms with Gasteiger partial charge in [0.1, 0.15) is 0 Å². The van der Waals surface area contributed by atoms with Gasteiger partial charge in [0.15, 0.2) is 0 Å². The second kappa shape index (κ2) is 6.93. The summed E-state index contributed by atoms with van der Waals surface area (Å²) in [6, 6.07) is 9.02. The summed E-state index contributed by atoms with van der Waals surface area (Å²) in [5, 5.41) is 2.95. The van der Waals surface area contributed by atoms with Crippen molar-refractivity contribution in [3.05, 3.63) is 35.4 Å². The number of hydrogen-bond acceptors (Lipinski definition) is 3. The Morgan fingerprint density at radius 2 is 1.96 bits per heavy atom. The monoisotopic (exact) mass is 329 g/mol. The molecule has 2 unspecified atom stereocenters. The maximum Gasteiger partial charge on any atom is 0.237 e. The van der Waals surface area contributed by atoms with Crippen LogP contribution in [0.25, 0.3) is 0 Å². The molecular weight excluding hydrogens is 302 g/mol. The van der Waals surface area contributed by atoms with Gasteiger partial charge in [0, 0.05) is 38.6 Å². The van der Waals surface area contributed by atoms with E-state index in [0.29, 0.717) is 19.0 Å². The van der Waals surface area contributed by atoms with E-state index in [1.54, 1.807) is 0 Å². The minimum atomic E-state index is -0.0191. The zero-order valence-electron chi connectivity index (χ0n) is 14.8. The van der Waals surface area contributed by atoms with Gasteiger partial charge in [0.05, 0.1) is 6.54 Å². The van der Waals surface area contributed by atoms with E-state index in [4.69, 9.17) is 0 Å². The van der Waals surface area contributed by atoms with Crippen molar-refractivity contribution in [1.82, 2.24) is 15.1 Å². The van der Waals surface area contributed by atoms with Crippen LogP contribution in [0.1, 0.15) is 44.2 Å². The molecule has 0 radical (unpaired) electrons. The van der Waals surface area contributed by atoms with E-state index in [0.717, 1.165) is 19.5 Å². The van der Waals surface area contributed by atoms with Crippen LogP contribution in [0, 0.1) is 0 Å². The minimum Gasteiger partial charge on any atom is -0.352 e. The van der Waals surface area contributed by atoms with Gasteiger partial charge in [0.25, 0.3) is 0 Å². The van der Waals surface area contributed by atoms with Crippen LogP contribution >= 0.6 is 0 Å². The van der Waals surface area contributed by atoms with E-state index in [1.165, 1.54) is 18.1 Å². The molecule has 5 nitrogen and oxygen atoms in total. The lowest BCUT2D eigenvalue weighted by Gasteiger charge is -2.36. The van der Waals surface area contributed by atoms with Crippen molar-refractivity contribution >= 4 is 11.8 Å². The number of piperazine rings is 1. The van der Waals surface area contributed by atoms with Gasteiger partial charge >= 0.3 is 0 Å². The molecule has 2 aliphatic rings. The van der Waals surface area contributed by atoms with Gasteiger partial charge in [0.2, 0.25) is 11.8 Å². The summed E-state index contributed by atoms with van der Waals surface area (Å²) in [6.45, 7) is 8.73. The maximum atomic E-state index is 12.4. The van der Waals surface area contributed by atoms with E-state index >= 15 is 0 Å². The van der Waals surface area contributed by atoms with Crippen LogP contribution < -0.4 is 5.32 Å². The fourth-order valence-electron chi connectivity index (χ4n) is 3.82. The summed E-state index contributed by atoms with van der Waals surface area (Å²) in [7, 11) is 0. The third kappa shape index (κ3) is 3.78. The third-order valence-electron chi connectivity index (χ3n) is 5.02. The number of carbonyl (C=O) groups is 2. The zero-order valence-corrected chi connectivity index (χ0v) is 14.8. The zero-order chi connectivity index (χ0) is 17.3. The van der Waals surface area contributed by atoms with Crippen LogP contribution in [-0.2, 0) is 16.1 Å². The number of rotatable bonds is 4. The molecule has 2 heterocycles. The summed E-state index contributed by atoms with van der Waals surface area (Å²) in [4.78, 5) is 27.8. The molecule has 2 saturated heterocycles. The summed E-state index contributed by atoms with van der Waals surface area (Å²) in [5.41, 5.74) is 2.59. The number of nitrogens with zero attached hydrogens (tertiary/aromatic N) is 2. The highest BCUT2D eigenvalue weighted by Gasteiger charge is 2.40. The van der Waals surface area contributed by atoms with Crippen LogP contribution in [0.15, 0.2) is 24.3 Å². The molecule has 3 rings (SSSR count). The molecule has 2 atom stereocenters. The van der Waals surface area contributed by atoms with Crippen molar-refractivity contribution < 1.29 is 9.59 Å². The summed E-state index contributed by atoms with van der Waals surface area (Å²) < 4.78 is 0. The topological polar surface area (TPSA) is 52.7 Å². The lowest BCUT2D eigenvalue weighted by atomic mass is 10.0. The molecule has 1 aromatic rings. The predicted octanol–water partition coefficient (Wildman–Crippen LogP) is 1.73. The average molecular weight is 329 g/mol. The molecule has 1 aromatic carbocycles. The second-order valence-corrected chi connectivity index (χ2v) is 7.40. The van der Waals surface area contributed by atoms with Crippen LogP contribution in [0.2, 0.25) is 0 Å². The standard InChI is InChI=1S/C19H27N3O2/c1-13(2)16-6-4-15(5-7-16)9-21-11-18-8-17(20-14(3)23)10-22(18)19(24)12-21/h4-7,13,17-18H,8-12H2,1-3H3,(H,20,23). The second-order valence-electron chi connectivity index (χ2n) is 7.40. The maximum absolute atomic E-state index is 12.4. The van der Waals surface area contributed by atoms with Crippen molar-refractivity contribution in [2.45, 2.75) is 51.7 Å². The van der Waals surface area contributed by atoms with Crippen molar-refractivity contribution in [3.63, 3.8) is 0 Å². The Kier molecular flexibility index (Phi) is 4.90. The molecule has 5 heteroatoms. The Labute approximate surface area is 144 Å². The van der Waals surface area contributed by atoms with E-state index in [2.05, 4.69) is 48.3 Å². The van der Waals surface area contributed by atoms with Gasteiger partial charge in [-0.15, -0.1) is 0 Å². The Morgan fingerprint density at radius 1 is 1.25 bits per heavy atom. The lowest BCUT2D eigenvalue weighted by molar-refractivity contribution is -0.138. The quantitative estimate of drug-likeness (QED) is 0.915. The molecule has 0 saturated carbocycles. The highest BCUT2D eigenvalue weighted by Crippen LogP contribution is 2.24. The first-order chi connectivity index (χ1) is 11.4. The van der Waals surface area contributed by atoms with Crippen LogP contribution in [0.3, 0.4) is 0 Å². The minimum absolute atomic E-state index is 0.0191. The summed E-state index contributed by atoms with van der Waals surface area (Å²) >= 11 is 0. The molecule has 130 valence electrons. The van der Waals surface area contributed by atoms with E-state index in [1.807, 2.05) is 4.90 Å². The SMILES string of the molecule is CC(=O)NC1CC2CN(Cc3ccc(C(C)C)cc3)CC(=O)N2C1. The van der Waals surface area contributed by atoms with E-state index < -0.39 is 0 Å². The van der Waals surface area contributed by atoms with Crippen molar-refractivity contribution in [3.8, 4) is 0 Å². The van der Waals surface area contributed by atoms with Gasteiger partial charge in [-0.05, 0) is 23.5 Å². The molecule has 2 fully saturated rings. The molecule has 0 bridgehead atoms. The number of fused-ring (bicyclic) bond motifs is 1. The normalized spacial score (nSPS) is 24.3. The number of benzene rings is 1. The van der Waals surface area contributed by atoms with E-state index in [9.17, 15) is 9.59 Å². The van der Waals surface area contributed by atoms with Crippen molar-refractivity contribution in [1.29, 1.82) is 0 Å². The highest BCUT2D eigenvalue weighted by molar-refractivity contribution is 5.80. The highest BCUT2D eigenvalue weighted by atomic mass is 16.2. The first-order valence-corrected chi connectivity index (χ1v) is 8.80. The van der Waals surface area contributed by atoms with Gasteiger partial charge in [-0.25, -0.2) is 0 Å². The molecule has 2 aliphatic heterocycles. The predicted molar refractivity (Wildman–Crippen MR) is 93.5 cm³/mol. The first-order valence-electron chi connectivity index (χ1n) is 8.80. The van der Waals surface area contributed by atoms with Gasteiger partial charge in [-0.2, -0.15) is 0 Å². The average Bonchev–Trinajstić information content (AvgIpc) is 2.90. The third-order valence-corrected chi connectivity index (χ3v) is 5.02. The number of hydrogen-bond donors (Lipinski definition) is 1. The summed E-state index contributed by atoms with van der Waals surface area (Å²) in [6.07, 6.45) is 0.855. The molecule has 1 N–H and O–H groups in total. The Balaban J connectivity index is 1.61. The number of amides is 2. The van der Waals surface area contributed by atoms with Crippen molar-refractivity contribution in [2.75, 3.05) is 19.6 Å². The van der Waals surface area contributed by atoms with Crippen LogP contribution in [0.4, 0.5) is 0 Å². The van der Waals surface area contributed by atoms with Crippen molar-refractivity contribution in [2.24, 2.45) is 0 Å². The van der Waals surface area contributed by atoms with E-state index in [-0.39, 0.29) is 23.9 Å². The Morgan fingerprint density at radius 3 is 2.58 bits per heavy atom. The van der Waals surface area contributed by atoms with Gasteiger partial charge < -0.3 is 10.2 Å². The summed E-state index contributed by atoms with van der Waals surface area (Å²) in [5.74, 6) is 0.695. The molecular formula is C19H27N3O2. The van der Waals surface area contributed by atoms with Crippen LogP contribution in [0.5, 0.6) is 0 Å². The Hall–Kier alpha value is -1.88. The molecule has 2 amide bonds. The molecule has 0 spiro atoms. The smallest absolute Gasteiger partial charge is 0.237 e. The molecule has 24 heavy (non-hydrogen) atoms. The molecule has 0 aliphatic carbocycles. The first kappa shape index (κ1) is 17.0. The Bertz CT molecular complexity index is 612. The number of carbonyl (C=O) groups excluding carboxylic acids is 2. The van der Waals surface area contributed by atoms with Crippen LogP contribution in [-0.4, -0.2) is 53.3 Å². The van der Waals surface area contributed by atoms with Gasteiger partial charge in [-0.3, -0.25) is 14.5 Å². The fraction of sp³-hybridized carbons (Fsp3) is 0.579. The van der Waals surface area contributed by atoms with Gasteiger partial charge in [-0.1, -0.05) is 38.1 Å². The number of nitrogens with one attached hydrogen (secondary N) is 1. The largest absolute Gasteiger partial charge is 0.352 e. The lowest BCUT2D eigenvalue weighted by Crippen LogP contribution is -2.53.